The van der Waals surface area contributed by atoms with E-state index in [4.69, 9.17) is 21.3 Å². The second-order valence-electron chi connectivity index (χ2n) is 13.7. The van der Waals surface area contributed by atoms with Gasteiger partial charge in [-0.15, -0.1) is 5.10 Å². The molecule has 0 radical (unpaired) electrons. The van der Waals surface area contributed by atoms with Crippen molar-refractivity contribution in [2.24, 2.45) is 5.92 Å². The Morgan fingerprint density at radius 2 is 2.04 bits per heavy atom. The third kappa shape index (κ3) is 5.39. The van der Waals surface area contributed by atoms with E-state index in [0.29, 0.717) is 56.1 Å². The number of ether oxygens (including phenoxy) is 1. The van der Waals surface area contributed by atoms with Crippen molar-refractivity contribution in [2.45, 2.75) is 69.1 Å². The van der Waals surface area contributed by atoms with E-state index in [1.165, 1.54) is 16.8 Å². The summed E-state index contributed by atoms with van der Waals surface area (Å²) < 4.78 is 48.2. The highest BCUT2D eigenvalue weighted by Crippen LogP contribution is 2.59. The number of benzene rings is 1. The molecule has 1 saturated heterocycles. The minimum atomic E-state index is -4.60. The molecule has 16 heteroatoms. The Bertz CT molecular complexity index is 2200. The molecule has 266 valence electrons. The zero-order valence-corrected chi connectivity index (χ0v) is 28.2. The van der Waals surface area contributed by atoms with Gasteiger partial charge >= 0.3 is 6.18 Å². The van der Waals surface area contributed by atoms with Crippen molar-refractivity contribution in [1.82, 2.24) is 29.0 Å². The van der Waals surface area contributed by atoms with Crippen LogP contribution in [0.4, 0.5) is 18.9 Å². The zero-order valence-electron chi connectivity index (χ0n) is 27.4. The monoisotopic (exact) mass is 723 g/mol. The van der Waals surface area contributed by atoms with E-state index >= 15 is 0 Å². The molecule has 0 bridgehead atoms. The first-order chi connectivity index (χ1) is 24.4. The van der Waals surface area contributed by atoms with Gasteiger partial charge in [0, 0.05) is 35.5 Å². The van der Waals surface area contributed by atoms with E-state index in [1.807, 2.05) is 13.0 Å². The Morgan fingerprint density at radius 1 is 1.22 bits per heavy atom. The van der Waals surface area contributed by atoms with Crippen LogP contribution in [0.25, 0.3) is 11.4 Å². The molecule has 1 spiro atoms. The number of pyridine rings is 1. The standard InChI is InChI=1S/C35H33ClF3N7O5/c1-18-16-34(10-12-44(24-7-5-21(24)34)32(50)28-25(47)3-2-11-40-28)27-29(18)45(17-26(48)41-23-6-4-20(15-22(23)36)35(37,38)39)33-42-30(43-46(33)31(27)49)19-8-13-51-14-9-19/h2-4,6,8,11,15,18,21,24,47H,5,7,9-10,12-14,16-17H2,1H3,(H,41,48)/t18-,21-,24+,34+/m1/s1. The SMILES string of the molecule is C[C@@H]1C[C@]2(CCN(C(=O)c3ncccc3O)[C@H]3CC[C@H]32)c2c1n(CC(=O)Nc1ccc(C(F)(F)F)cc1Cl)c1nc(C3=CCOCC3)nn1c2=O. The van der Waals surface area contributed by atoms with Crippen molar-refractivity contribution in [3.05, 3.63) is 86.3 Å². The Kier molecular flexibility index (Phi) is 7.98. The predicted molar refractivity (Wildman–Crippen MR) is 179 cm³/mol. The lowest BCUT2D eigenvalue weighted by molar-refractivity contribution is -0.137. The number of piperidine rings is 1. The van der Waals surface area contributed by atoms with E-state index in [9.17, 15) is 32.7 Å². The molecule has 1 saturated carbocycles. The third-order valence-electron chi connectivity index (χ3n) is 10.9. The lowest BCUT2D eigenvalue weighted by Crippen LogP contribution is -2.63. The molecule has 2 aliphatic carbocycles. The molecular formula is C35H33ClF3N7O5. The maximum absolute atomic E-state index is 14.6. The van der Waals surface area contributed by atoms with Crippen molar-refractivity contribution < 1.29 is 32.6 Å². The van der Waals surface area contributed by atoms with Crippen LogP contribution in [-0.4, -0.2) is 71.8 Å². The highest BCUT2D eigenvalue weighted by molar-refractivity contribution is 6.33. The van der Waals surface area contributed by atoms with Gasteiger partial charge in [-0.2, -0.15) is 22.7 Å². The Morgan fingerprint density at radius 3 is 2.73 bits per heavy atom. The number of aromatic hydroxyl groups is 1. The first kappa shape index (κ1) is 33.4. The third-order valence-corrected chi connectivity index (χ3v) is 11.3. The number of halogens is 4. The summed E-state index contributed by atoms with van der Waals surface area (Å²) in [5.41, 5.74) is 0.106. The average Bonchev–Trinajstić information content (AvgIpc) is 3.65. The lowest BCUT2D eigenvalue weighted by atomic mass is 9.55. The number of nitrogens with zero attached hydrogens (tertiary/aromatic N) is 6. The van der Waals surface area contributed by atoms with Gasteiger partial charge in [0.25, 0.3) is 11.5 Å². The Hall–Kier alpha value is -4.76. The van der Waals surface area contributed by atoms with Gasteiger partial charge in [0.15, 0.2) is 11.5 Å². The molecule has 4 aliphatic rings. The molecule has 2 fully saturated rings. The molecule has 51 heavy (non-hydrogen) atoms. The van der Waals surface area contributed by atoms with Crippen LogP contribution in [-0.2, 0) is 27.7 Å². The fourth-order valence-electron chi connectivity index (χ4n) is 8.63. The molecule has 2 aliphatic heterocycles. The van der Waals surface area contributed by atoms with Crippen LogP contribution in [0.1, 0.15) is 78.1 Å². The summed E-state index contributed by atoms with van der Waals surface area (Å²) in [6, 6.07) is 5.51. The van der Waals surface area contributed by atoms with E-state index < -0.39 is 23.1 Å². The smallest absolute Gasteiger partial charge is 0.416 e. The normalized spacial score (nSPS) is 24.2. The molecule has 4 aromatic rings. The predicted octanol–water partition coefficient (Wildman–Crippen LogP) is 5.18. The summed E-state index contributed by atoms with van der Waals surface area (Å²) in [5, 5.41) is 17.4. The number of hydrogen-bond acceptors (Lipinski definition) is 8. The van der Waals surface area contributed by atoms with E-state index in [2.05, 4.69) is 15.4 Å². The second-order valence-corrected chi connectivity index (χ2v) is 14.1. The number of aromatic nitrogens is 5. The first-order valence-electron chi connectivity index (χ1n) is 16.8. The quantitative estimate of drug-likeness (QED) is 0.287. The van der Waals surface area contributed by atoms with E-state index in [1.54, 1.807) is 15.5 Å². The topological polar surface area (TPSA) is 144 Å². The summed E-state index contributed by atoms with van der Waals surface area (Å²) in [7, 11) is 0. The highest BCUT2D eigenvalue weighted by Gasteiger charge is 2.60. The number of carbonyl (C=O) groups is 2. The highest BCUT2D eigenvalue weighted by atomic mass is 35.5. The van der Waals surface area contributed by atoms with Crippen molar-refractivity contribution in [1.29, 1.82) is 0 Å². The first-order valence-corrected chi connectivity index (χ1v) is 17.2. The van der Waals surface area contributed by atoms with Gasteiger partial charge in [0.2, 0.25) is 11.7 Å². The fourth-order valence-corrected chi connectivity index (χ4v) is 8.86. The van der Waals surface area contributed by atoms with Gasteiger partial charge < -0.3 is 24.6 Å². The molecule has 12 nitrogen and oxygen atoms in total. The summed E-state index contributed by atoms with van der Waals surface area (Å²) in [5.74, 6) is -0.873. The van der Waals surface area contributed by atoms with Crippen LogP contribution in [0.2, 0.25) is 5.02 Å². The second kappa shape index (κ2) is 12.2. The number of amides is 2. The minimum absolute atomic E-state index is 0.00991. The van der Waals surface area contributed by atoms with Crippen molar-refractivity contribution in [2.75, 3.05) is 25.1 Å². The summed E-state index contributed by atoms with van der Waals surface area (Å²) in [6.45, 7) is 2.85. The van der Waals surface area contributed by atoms with Gasteiger partial charge in [-0.05, 0) is 79.8 Å². The van der Waals surface area contributed by atoms with Crippen LogP contribution in [0.5, 0.6) is 5.75 Å². The van der Waals surface area contributed by atoms with Gasteiger partial charge in [-0.3, -0.25) is 14.4 Å². The minimum Gasteiger partial charge on any atom is -0.505 e. The van der Waals surface area contributed by atoms with Gasteiger partial charge in [0.1, 0.15) is 12.3 Å². The number of rotatable bonds is 5. The number of hydrogen-bond donors (Lipinski definition) is 2. The lowest BCUT2D eigenvalue weighted by Gasteiger charge is -2.57. The maximum atomic E-state index is 14.6. The zero-order chi connectivity index (χ0) is 35.8. The molecule has 4 atom stereocenters. The number of nitrogens with one attached hydrogen (secondary N) is 1. The summed E-state index contributed by atoms with van der Waals surface area (Å²) >= 11 is 6.17. The van der Waals surface area contributed by atoms with Crippen molar-refractivity contribution in [3.8, 4) is 5.75 Å². The van der Waals surface area contributed by atoms with Crippen LogP contribution in [0, 0.1) is 5.92 Å². The van der Waals surface area contributed by atoms with Gasteiger partial charge in [-0.1, -0.05) is 24.6 Å². The number of carbonyl (C=O) groups excluding carboxylic acids is 2. The molecule has 2 N–H and O–H groups in total. The van der Waals surface area contributed by atoms with Crippen LogP contribution >= 0.6 is 11.6 Å². The van der Waals surface area contributed by atoms with Crippen LogP contribution in [0.15, 0.2) is 47.4 Å². The van der Waals surface area contributed by atoms with E-state index in [0.717, 1.165) is 36.6 Å². The number of alkyl halides is 3. The van der Waals surface area contributed by atoms with Crippen LogP contribution in [0.3, 0.4) is 0 Å². The number of anilines is 1. The van der Waals surface area contributed by atoms with Gasteiger partial charge in [0.05, 0.1) is 29.5 Å². The number of likely N-dealkylation sites (tertiary alicyclic amines) is 1. The Balaban J connectivity index is 1.20. The largest absolute Gasteiger partial charge is 0.505 e. The van der Waals surface area contributed by atoms with Crippen molar-refractivity contribution in [3.63, 3.8) is 0 Å². The summed E-state index contributed by atoms with van der Waals surface area (Å²) in [6.07, 6.45) is 1.83. The maximum Gasteiger partial charge on any atom is 0.416 e. The average molecular weight is 724 g/mol. The molecule has 2 amide bonds. The van der Waals surface area contributed by atoms with Crippen molar-refractivity contribution >= 4 is 40.5 Å². The van der Waals surface area contributed by atoms with E-state index in [-0.39, 0.29) is 63.8 Å². The molecule has 1 aromatic carbocycles. The molecule has 0 unspecified atom stereocenters. The molecular weight excluding hydrogens is 691 g/mol. The van der Waals surface area contributed by atoms with Crippen LogP contribution < -0.4 is 10.9 Å². The molecule has 8 rings (SSSR count). The Labute approximate surface area is 293 Å². The molecule has 5 heterocycles. The molecule has 3 aromatic heterocycles. The summed E-state index contributed by atoms with van der Waals surface area (Å²) in [4.78, 5) is 52.6. The van der Waals surface area contributed by atoms with Gasteiger partial charge in [-0.25, -0.2) is 4.98 Å². The fraction of sp³-hybridized carbons (Fsp3) is 0.429. The number of fused-ring (bicyclic) bond motifs is 5.